The highest BCUT2D eigenvalue weighted by atomic mass is 19.1. The van der Waals surface area contributed by atoms with Crippen LogP contribution < -0.4 is 10.1 Å². The van der Waals surface area contributed by atoms with Crippen LogP contribution in [0.3, 0.4) is 0 Å². The van der Waals surface area contributed by atoms with Crippen LogP contribution in [0.5, 0.6) is 5.75 Å². The Morgan fingerprint density at radius 3 is 2.88 bits per heavy atom. The number of likely N-dealkylation sites (N-methyl/N-ethyl adjacent to an activating group) is 1. The fourth-order valence-corrected chi connectivity index (χ4v) is 3.09. The normalized spacial score (nSPS) is 13.2. The van der Waals surface area contributed by atoms with Gasteiger partial charge in [0, 0.05) is 41.8 Å². The number of nitrogens with zero attached hydrogens (tertiary/aromatic N) is 3. The SMILES string of the molecule is [2H]/C(=C\CN(C)C)C(=O)Cc1c(OCC)c([2H])c2nc([2H])c(C#N)c(Nc3ccc(F)c(C)c3)c2c1[2H]. The van der Waals surface area contributed by atoms with Crippen LogP contribution in [0.25, 0.3) is 10.9 Å². The van der Waals surface area contributed by atoms with E-state index < -0.39 is 17.8 Å². The summed E-state index contributed by atoms with van der Waals surface area (Å²) in [6.07, 6.45) is 0.675. The third kappa shape index (κ3) is 5.93. The minimum absolute atomic E-state index is 0.0334. The van der Waals surface area contributed by atoms with E-state index in [-0.39, 0.29) is 64.6 Å². The molecule has 2 aromatic carbocycles. The molecule has 3 aromatic rings. The highest BCUT2D eigenvalue weighted by Crippen LogP contribution is 2.34. The number of allylic oxidation sites excluding steroid dienone is 1. The number of nitrogens with one attached hydrogen (secondary N) is 1. The first-order valence-corrected chi connectivity index (χ1v) is 10.4. The fourth-order valence-electron chi connectivity index (χ4n) is 3.09. The lowest BCUT2D eigenvalue weighted by Gasteiger charge is -2.15. The number of anilines is 2. The van der Waals surface area contributed by atoms with Gasteiger partial charge in [-0.1, -0.05) is 6.08 Å². The topological polar surface area (TPSA) is 78.2 Å². The number of benzene rings is 2. The average molecular weight is 451 g/mol. The summed E-state index contributed by atoms with van der Waals surface area (Å²) in [5.41, 5.74) is 0.652. The Morgan fingerprint density at radius 2 is 2.21 bits per heavy atom. The predicted octanol–water partition coefficient (Wildman–Crippen LogP) is 4.93. The molecule has 1 N–H and O–H groups in total. The largest absolute Gasteiger partial charge is 0.494 e. The van der Waals surface area contributed by atoms with Gasteiger partial charge in [0.15, 0.2) is 5.78 Å². The van der Waals surface area contributed by atoms with E-state index in [2.05, 4.69) is 10.3 Å². The lowest BCUT2D eigenvalue weighted by Crippen LogP contribution is -2.11. The minimum atomic E-state index is -0.565. The maximum atomic E-state index is 13.8. The Kier molecular flexibility index (Phi) is 6.09. The van der Waals surface area contributed by atoms with Crippen molar-refractivity contribution >= 4 is 28.1 Å². The van der Waals surface area contributed by atoms with Gasteiger partial charge in [-0.2, -0.15) is 5.26 Å². The van der Waals surface area contributed by atoms with Crippen molar-refractivity contribution in [3.63, 3.8) is 0 Å². The lowest BCUT2D eigenvalue weighted by atomic mass is 10.0. The molecular weight excluding hydrogens is 419 g/mol. The van der Waals surface area contributed by atoms with Crippen LogP contribution in [0.15, 0.2) is 48.6 Å². The van der Waals surface area contributed by atoms with E-state index in [0.29, 0.717) is 17.8 Å². The number of nitriles is 1. The molecule has 0 atom stereocenters. The molecule has 3 rings (SSSR count). The number of aromatic nitrogens is 1. The molecule has 0 unspecified atom stereocenters. The maximum Gasteiger partial charge on any atom is 0.159 e. The predicted molar refractivity (Wildman–Crippen MR) is 128 cm³/mol. The Balaban J connectivity index is 2.30. The van der Waals surface area contributed by atoms with Crippen LogP contribution in [0.1, 0.15) is 29.1 Å². The zero-order valence-electron chi connectivity index (χ0n) is 23.0. The molecule has 170 valence electrons. The number of fused-ring (bicyclic) bond motifs is 1. The number of ketones is 1. The summed E-state index contributed by atoms with van der Waals surface area (Å²) in [5.74, 6) is -1.02. The summed E-state index contributed by atoms with van der Waals surface area (Å²) in [6.45, 7) is 3.79. The van der Waals surface area contributed by atoms with E-state index in [4.69, 9.17) is 10.2 Å². The summed E-state index contributed by atoms with van der Waals surface area (Å²) < 4.78 is 53.6. The highest BCUT2D eigenvalue weighted by Gasteiger charge is 2.16. The Hall–Kier alpha value is -3.76. The number of halogens is 1. The first kappa shape index (κ1) is 18.8. The van der Waals surface area contributed by atoms with Crippen molar-refractivity contribution in [3.8, 4) is 11.8 Å². The van der Waals surface area contributed by atoms with Gasteiger partial charge in [0.1, 0.15) is 17.6 Å². The van der Waals surface area contributed by atoms with Crippen molar-refractivity contribution in [3.05, 3.63) is 71.1 Å². The second-order valence-electron chi connectivity index (χ2n) is 7.60. The molecule has 0 aliphatic heterocycles. The molecular formula is C26H27FN4O2. The fraction of sp³-hybridized carbons (Fsp3) is 0.269. The van der Waals surface area contributed by atoms with Gasteiger partial charge in [-0.25, -0.2) is 4.39 Å². The quantitative estimate of drug-likeness (QED) is 0.466. The van der Waals surface area contributed by atoms with Gasteiger partial charge < -0.3 is 15.0 Å². The van der Waals surface area contributed by atoms with Gasteiger partial charge in [-0.05, 0) is 63.8 Å². The van der Waals surface area contributed by atoms with Gasteiger partial charge in [0.2, 0.25) is 0 Å². The molecule has 6 nitrogen and oxygen atoms in total. The molecule has 0 amide bonds. The summed E-state index contributed by atoms with van der Waals surface area (Å²) in [4.78, 5) is 18.8. The molecule has 0 saturated carbocycles. The summed E-state index contributed by atoms with van der Waals surface area (Å²) in [5, 5.41) is 12.8. The van der Waals surface area contributed by atoms with Crippen LogP contribution in [-0.2, 0) is 11.2 Å². The minimum Gasteiger partial charge on any atom is -0.494 e. The van der Waals surface area contributed by atoms with Crippen LogP contribution in [0, 0.1) is 24.1 Å². The van der Waals surface area contributed by atoms with Crippen molar-refractivity contribution in [2.75, 3.05) is 32.6 Å². The Labute approximate surface area is 198 Å². The van der Waals surface area contributed by atoms with Crippen molar-refractivity contribution in [2.45, 2.75) is 20.3 Å². The zero-order valence-corrected chi connectivity index (χ0v) is 19.0. The number of pyridine rings is 1. The van der Waals surface area contributed by atoms with E-state index in [1.165, 1.54) is 24.3 Å². The monoisotopic (exact) mass is 450 g/mol. The summed E-state index contributed by atoms with van der Waals surface area (Å²) in [7, 11) is 3.60. The van der Waals surface area contributed by atoms with Crippen LogP contribution in [0.2, 0.25) is 0 Å². The molecule has 7 heteroatoms. The van der Waals surface area contributed by atoms with Gasteiger partial charge in [-0.15, -0.1) is 0 Å². The smallest absolute Gasteiger partial charge is 0.159 e. The first-order valence-electron chi connectivity index (χ1n) is 12.4. The number of carbonyl (C=O) groups is 1. The Bertz CT molecular complexity index is 1450. The molecule has 0 aliphatic rings. The van der Waals surface area contributed by atoms with Gasteiger partial charge in [0.05, 0.1) is 28.9 Å². The van der Waals surface area contributed by atoms with Crippen molar-refractivity contribution in [1.29, 1.82) is 5.26 Å². The molecule has 0 fully saturated rings. The Morgan fingerprint density at radius 1 is 1.42 bits per heavy atom. The molecule has 1 heterocycles. The van der Waals surface area contributed by atoms with E-state index in [1.54, 1.807) is 32.8 Å². The lowest BCUT2D eigenvalue weighted by molar-refractivity contribution is -0.114. The van der Waals surface area contributed by atoms with E-state index >= 15 is 0 Å². The highest BCUT2D eigenvalue weighted by molar-refractivity contribution is 5.98. The summed E-state index contributed by atoms with van der Waals surface area (Å²) >= 11 is 0. The molecule has 0 aliphatic carbocycles. The van der Waals surface area contributed by atoms with Crippen LogP contribution in [-0.4, -0.2) is 42.9 Å². The van der Waals surface area contributed by atoms with Crippen molar-refractivity contribution in [2.24, 2.45) is 0 Å². The molecule has 0 saturated heterocycles. The summed E-state index contributed by atoms with van der Waals surface area (Å²) in [6, 6.07) is 5.44. The van der Waals surface area contributed by atoms with Gasteiger partial charge >= 0.3 is 0 Å². The van der Waals surface area contributed by atoms with Crippen molar-refractivity contribution in [1.82, 2.24) is 9.88 Å². The van der Waals surface area contributed by atoms with Gasteiger partial charge in [-0.3, -0.25) is 9.78 Å². The average Bonchev–Trinajstić information content (AvgIpc) is 2.85. The third-order valence-corrected chi connectivity index (χ3v) is 4.68. The number of hydrogen-bond donors (Lipinski definition) is 1. The van der Waals surface area contributed by atoms with Crippen LogP contribution >= 0.6 is 0 Å². The molecule has 0 bridgehead atoms. The second kappa shape index (κ2) is 10.7. The molecule has 33 heavy (non-hydrogen) atoms. The van der Waals surface area contributed by atoms with E-state index in [9.17, 15) is 14.4 Å². The number of rotatable bonds is 9. The number of carbonyl (C=O) groups excluding carboxylic acids is 1. The molecule has 0 spiro atoms. The number of aryl methyl sites for hydroxylation is 1. The molecule has 1 aromatic heterocycles. The van der Waals surface area contributed by atoms with Crippen LogP contribution in [0.4, 0.5) is 15.8 Å². The number of hydrogen-bond acceptors (Lipinski definition) is 6. The van der Waals surface area contributed by atoms with Crippen molar-refractivity contribution < 1.29 is 19.4 Å². The standard InChI is InChI=1S/C26H27FN4O2/c1-5-33-25-14-24-22(13-18(25)12-21(32)7-6-10-31(3)4)26(19(15-28)16-29-24)30-20-8-9-23(27)17(2)11-20/h6-9,11,13-14,16H,5,10,12H2,1-4H3,(H,29,30)/b7-6+/i7D,13D,14D,16D. The second-order valence-corrected chi connectivity index (χ2v) is 7.60. The third-order valence-electron chi connectivity index (χ3n) is 4.68. The van der Waals surface area contributed by atoms with Gasteiger partial charge in [0.25, 0.3) is 0 Å². The first-order chi connectivity index (χ1) is 17.5. The molecule has 0 radical (unpaired) electrons. The van der Waals surface area contributed by atoms with E-state index in [1.807, 2.05) is 6.07 Å². The van der Waals surface area contributed by atoms with E-state index in [0.717, 1.165) is 0 Å². The number of ether oxygens (including phenoxy) is 1. The maximum absolute atomic E-state index is 13.8. The zero-order chi connectivity index (χ0) is 27.4.